The molecule has 12 heteroatoms. The Morgan fingerprint density at radius 1 is 1.24 bits per heavy atom. The number of anilines is 1. The van der Waals surface area contributed by atoms with Crippen molar-refractivity contribution < 1.29 is 31.1 Å². The van der Waals surface area contributed by atoms with E-state index in [0.717, 1.165) is 36.4 Å². The Hall–Kier alpha value is -3.72. The van der Waals surface area contributed by atoms with Crippen LogP contribution in [0.25, 0.3) is 11.0 Å². The van der Waals surface area contributed by atoms with Crippen LogP contribution in [0.1, 0.15) is 35.2 Å². The smallest absolute Gasteiger partial charge is 0.406 e. The lowest BCUT2D eigenvalue weighted by Crippen LogP contribution is -2.68. The van der Waals surface area contributed by atoms with Crippen LogP contribution in [0.4, 0.5) is 18.9 Å². The molecular weight excluding hydrogens is 521 g/mol. The summed E-state index contributed by atoms with van der Waals surface area (Å²) in [6, 6.07) is 7.41. The summed E-state index contributed by atoms with van der Waals surface area (Å²) in [5, 5.41) is 6.04. The van der Waals surface area contributed by atoms with Crippen molar-refractivity contribution in [3.05, 3.63) is 47.8 Å². The average molecular weight is 547 g/mol. The van der Waals surface area contributed by atoms with Crippen LogP contribution in [-0.2, 0) is 16.4 Å². The number of aromatic nitrogens is 2. The lowest BCUT2D eigenvalue weighted by Gasteiger charge is -2.61. The average Bonchev–Trinajstić information content (AvgIpc) is 3.17. The van der Waals surface area contributed by atoms with Crippen molar-refractivity contribution in [2.24, 2.45) is 5.92 Å². The van der Waals surface area contributed by atoms with Crippen molar-refractivity contribution in [1.29, 1.82) is 0 Å². The number of methoxy groups -OCH3 is 1. The summed E-state index contributed by atoms with van der Waals surface area (Å²) in [6.45, 7) is -1.17. The Labute approximate surface area is 217 Å². The van der Waals surface area contributed by atoms with Crippen molar-refractivity contribution in [2.45, 2.75) is 42.4 Å². The van der Waals surface area contributed by atoms with Gasteiger partial charge in [-0.15, -0.1) is 0 Å². The van der Waals surface area contributed by atoms with Gasteiger partial charge in [-0.05, 0) is 55.5 Å². The number of benzene rings is 2. The molecule has 3 aromatic rings. The van der Waals surface area contributed by atoms with Crippen LogP contribution in [0.15, 0.2) is 41.6 Å². The zero-order chi connectivity index (χ0) is 27.3. The molecule has 38 heavy (non-hydrogen) atoms. The molecule has 0 spiro atoms. The maximum Gasteiger partial charge on any atom is 0.406 e. The quantitative estimate of drug-likeness (QED) is 0.438. The van der Waals surface area contributed by atoms with Crippen LogP contribution in [0.5, 0.6) is 5.75 Å². The summed E-state index contributed by atoms with van der Waals surface area (Å²) >= 11 is 0. The number of amides is 1. The van der Waals surface area contributed by atoms with Crippen molar-refractivity contribution in [1.82, 2.24) is 14.9 Å². The molecule has 3 aliphatic carbocycles. The highest BCUT2D eigenvalue weighted by molar-refractivity contribution is 7.90. The second kappa shape index (κ2) is 9.23. The molecule has 3 fully saturated rings. The number of fused-ring (bicyclic) bond motifs is 1. The van der Waals surface area contributed by atoms with Crippen molar-refractivity contribution in [3.63, 3.8) is 0 Å². The van der Waals surface area contributed by atoms with E-state index < -0.39 is 22.6 Å². The Kier molecular flexibility index (Phi) is 6.30. The first-order chi connectivity index (χ1) is 17.9. The minimum Gasteiger partial charge on any atom is -0.495 e. The molecule has 1 heterocycles. The van der Waals surface area contributed by atoms with Crippen LogP contribution in [0, 0.1) is 17.8 Å². The van der Waals surface area contributed by atoms with Crippen molar-refractivity contribution >= 4 is 32.5 Å². The number of hydrogen-bond acceptors (Lipinski definition) is 6. The molecule has 3 aliphatic rings. The van der Waals surface area contributed by atoms with Gasteiger partial charge in [0, 0.05) is 17.4 Å². The first-order valence-electron chi connectivity index (χ1n) is 11.8. The highest BCUT2D eigenvalue weighted by Crippen LogP contribution is 2.57. The minimum absolute atomic E-state index is 0.0788. The summed E-state index contributed by atoms with van der Waals surface area (Å²) < 4.78 is 69.5. The fraction of sp³-hybridized carbons (Fsp3) is 0.385. The van der Waals surface area contributed by atoms with E-state index in [2.05, 4.69) is 27.5 Å². The highest BCUT2D eigenvalue weighted by Gasteiger charge is 2.57. The molecule has 3 saturated carbocycles. The van der Waals surface area contributed by atoms with E-state index >= 15 is 0 Å². The zero-order valence-corrected chi connectivity index (χ0v) is 21.5. The van der Waals surface area contributed by atoms with Gasteiger partial charge >= 0.3 is 6.18 Å². The molecule has 0 radical (unpaired) electrons. The lowest BCUT2D eigenvalue weighted by atomic mass is 9.50. The summed E-state index contributed by atoms with van der Waals surface area (Å²) in [5.74, 6) is 6.45. The topological polar surface area (TPSA) is 102 Å². The molecule has 1 aromatic heterocycles. The predicted molar refractivity (Wildman–Crippen MR) is 135 cm³/mol. The van der Waals surface area contributed by atoms with Crippen LogP contribution < -0.4 is 15.4 Å². The molecular formula is C26H25F3N4O4S. The zero-order valence-electron chi connectivity index (χ0n) is 20.6. The van der Waals surface area contributed by atoms with E-state index in [1.165, 1.54) is 37.4 Å². The number of rotatable bonds is 7. The molecule has 0 aliphatic heterocycles. The molecule has 200 valence electrons. The van der Waals surface area contributed by atoms with Gasteiger partial charge in [-0.3, -0.25) is 4.79 Å². The molecule has 0 unspecified atom stereocenters. The maximum atomic E-state index is 13.1. The number of halogens is 3. The van der Waals surface area contributed by atoms with E-state index in [-0.39, 0.29) is 39.5 Å². The monoisotopic (exact) mass is 546 g/mol. The SMILES string of the molecule is COc1ccc(S(C)(=O)=O)cc1NCC#Cc1cc(C(=O)NC23CC(C2)C3)c2ncn(CC(F)(F)F)c2c1. The first-order valence-corrected chi connectivity index (χ1v) is 13.7. The second-order valence-corrected chi connectivity index (χ2v) is 11.9. The number of carbonyl (C=O) groups is 1. The lowest BCUT2D eigenvalue weighted by molar-refractivity contribution is -0.139. The molecule has 0 saturated heterocycles. The molecule has 2 N–H and O–H groups in total. The number of nitrogens with one attached hydrogen (secondary N) is 2. The van der Waals surface area contributed by atoms with Gasteiger partial charge in [0.15, 0.2) is 9.84 Å². The van der Waals surface area contributed by atoms with Gasteiger partial charge in [0.1, 0.15) is 17.8 Å². The van der Waals surface area contributed by atoms with E-state index in [0.29, 0.717) is 22.9 Å². The Balaban J connectivity index is 1.43. The van der Waals surface area contributed by atoms with E-state index in [1.54, 1.807) is 0 Å². The summed E-state index contributed by atoms with van der Waals surface area (Å²) in [4.78, 5) is 17.4. The molecule has 1 amide bonds. The molecule has 6 rings (SSSR count). The largest absolute Gasteiger partial charge is 0.495 e. The van der Waals surface area contributed by atoms with E-state index in [9.17, 15) is 26.4 Å². The molecule has 0 atom stereocenters. The van der Waals surface area contributed by atoms with Gasteiger partial charge in [-0.1, -0.05) is 11.8 Å². The second-order valence-electron chi connectivity index (χ2n) is 9.88. The van der Waals surface area contributed by atoms with E-state index in [4.69, 9.17) is 4.74 Å². The van der Waals surface area contributed by atoms with Crippen LogP contribution in [0.2, 0.25) is 0 Å². The number of hydrogen-bond donors (Lipinski definition) is 2. The predicted octanol–water partition coefficient (Wildman–Crippen LogP) is 3.76. The summed E-state index contributed by atoms with van der Waals surface area (Å²) in [5.41, 5.74) is 1.07. The highest BCUT2D eigenvalue weighted by atomic mass is 32.2. The Morgan fingerprint density at radius 3 is 2.58 bits per heavy atom. The number of alkyl halides is 3. The maximum absolute atomic E-state index is 13.1. The van der Waals surface area contributed by atoms with Gasteiger partial charge < -0.3 is 19.9 Å². The summed E-state index contributed by atoms with van der Waals surface area (Å²) in [7, 11) is -1.99. The number of ether oxygens (including phenoxy) is 1. The van der Waals surface area contributed by atoms with Crippen LogP contribution in [0.3, 0.4) is 0 Å². The fourth-order valence-corrected chi connectivity index (χ4v) is 5.66. The van der Waals surface area contributed by atoms with Crippen molar-refractivity contribution in [3.8, 4) is 17.6 Å². The fourth-order valence-electron chi connectivity index (χ4n) is 5.01. The molecule has 2 aromatic carbocycles. The minimum atomic E-state index is -4.47. The number of carbonyl (C=O) groups excluding carboxylic acids is 1. The van der Waals surface area contributed by atoms with Gasteiger partial charge in [0.05, 0.1) is 41.6 Å². The molecule has 2 bridgehead atoms. The van der Waals surface area contributed by atoms with Gasteiger partial charge in [0.25, 0.3) is 5.91 Å². The number of imidazole rings is 1. The van der Waals surface area contributed by atoms with Gasteiger partial charge in [-0.2, -0.15) is 13.2 Å². The summed E-state index contributed by atoms with van der Waals surface area (Å²) in [6.07, 6.45) is 0.459. The number of nitrogens with zero attached hydrogens (tertiary/aromatic N) is 2. The van der Waals surface area contributed by atoms with Gasteiger partial charge in [-0.25, -0.2) is 13.4 Å². The number of sulfone groups is 1. The van der Waals surface area contributed by atoms with Crippen LogP contribution >= 0.6 is 0 Å². The van der Waals surface area contributed by atoms with Crippen LogP contribution in [-0.4, -0.2) is 55.5 Å². The normalized spacial score (nSPS) is 20.1. The first kappa shape index (κ1) is 25.9. The Bertz CT molecular complexity index is 1590. The third-order valence-corrected chi connectivity index (χ3v) is 8.05. The standard InChI is InChI=1S/C26H25F3N4O4S/c1-37-22-6-5-18(38(2,35)36)10-20(22)30-7-3-4-16-8-19(24(34)32-25-11-17(12-25)13-25)23-21(9-16)33(15-31-23)14-26(27,28)29/h5-6,8-10,15,17,30H,7,11-14H2,1-2H3,(H,32,34). The van der Waals surface area contributed by atoms with Crippen molar-refractivity contribution in [2.75, 3.05) is 25.2 Å². The van der Waals surface area contributed by atoms with E-state index in [1.807, 2.05) is 0 Å². The third-order valence-electron chi connectivity index (χ3n) is 6.94. The van der Waals surface area contributed by atoms with Gasteiger partial charge in [0.2, 0.25) is 0 Å². The third kappa shape index (κ3) is 5.15. The molecule has 8 nitrogen and oxygen atoms in total. The Morgan fingerprint density at radius 2 is 1.97 bits per heavy atom.